The first kappa shape index (κ1) is 10.6. The van der Waals surface area contributed by atoms with Crippen LogP contribution in [0.15, 0.2) is 30.3 Å². The molecule has 2 aromatic heterocycles. The number of rotatable bonds is 2. The largest absolute Gasteiger partial charge is 0.477 e. The number of aryl methyl sites for hydroxylation is 1. The van der Waals surface area contributed by atoms with Crippen LogP contribution in [0.5, 0.6) is 0 Å². The molecule has 18 heavy (non-hydrogen) atoms. The number of carbonyl (C=O) groups is 1. The van der Waals surface area contributed by atoms with Gasteiger partial charge in [-0.25, -0.2) is 4.79 Å². The van der Waals surface area contributed by atoms with Crippen LogP contribution < -0.4 is 0 Å². The van der Waals surface area contributed by atoms with Gasteiger partial charge in [0, 0.05) is 17.0 Å². The first-order valence-electron chi connectivity index (χ1n) is 5.52. The third kappa shape index (κ3) is 1.57. The first-order chi connectivity index (χ1) is 8.65. The van der Waals surface area contributed by atoms with E-state index in [0.717, 1.165) is 22.2 Å². The summed E-state index contributed by atoms with van der Waals surface area (Å²) in [6, 6.07) is 9.50. The van der Waals surface area contributed by atoms with Crippen LogP contribution in [0.4, 0.5) is 0 Å². The lowest BCUT2D eigenvalue weighted by Gasteiger charge is -1.93. The van der Waals surface area contributed by atoms with Crippen LogP contribution in [0.1, 0.15) is 16.1 Å². The Kier molecular flexibility index (Phi) is 2.19. The molecule has 0 amide bonds. The summed E-state index contributed by atoms with van der Waals surface area (Å²) >= 11 is 0. The minimum Gasteiger partial charge on any atom is -0.477 e. The number of carboxylic acid groups (broad SMARTS) is 1. The van der Waals surface area contributed by atoms with Crippen LogP contribution in [0.2, 0.25) is 0 Å². The van der Waals surface area contributed by atoms with Crippen LogP contribution in [0.25, 0.3) is 22.3 Å². The third-order valence-corrected chi connectivity index (χ3v) is 2.95. The van der Waals surface area contributed by atoms with Gasteiger partial charge in [0.1, 0.15) is 11.4 Å². The molecule has 0 aliphatic carbocycles. The predicted octanol–water partition coefficient (Wildman–Crippen LogP) is 2.56. The molecule has 3 aromatic rings. The molecular weight excluding hydrogens is 230 g/mol. The zero-order chi connectivity index (χ0) is 12.7. The number of hydrogen-bond acceptors (Lipinski definition) is 2. The summed E-state index contributed by atoms with van der Waals surface area (Å²) in [5, 5.41) is 16.4. The topological polar surface area (TPSA) is 81.8 Å². The van der Waals surface area contributed by atoms with E-state index in [1.807, 2.05) is 31.2 Å². The van der Waals surface area contributed by atoms with Gasteiger partial charge in [-0.15, -0.1) is 0 Å². The molecule has 0 spiro atoms. The van der Waals surface area contributed by atoms with Crippen LogP contribution in [0, 0.1) is 6.92 Å². The monoisotopic (exact) mass is 241 g/mol. The van der Waals surface area contributed by atoms with Gasteiger partial charge < -0.3 is 10.1 Å². The van der Waals surface area contributed by atoms with Gasteiger partial charge >= 0.3 is 5.97 Å². The number of hydrogen-bond donors (Lipinski definition) is 3. The van der Waals surface area contributed by atoms with E-state index in [4.69, 9.17) is 5.11 Å². The summed E-state index contributed by atoms with van der Waals surface area (Å²) in [6.07, 6.45) is 0. The molecule has 1 aromatic carbocycles. The van der Waals surface area contributed by atoms with E-state index >= 15 is 0 Å². The molecule has 0 saturated heterocycles. The molecule has 2 heterocycles. The molecule has 5 nitrogen and oxygen atoms in total. The minimum absolute atomic E-state index is 0.0837. The number of H-pyrrole nitrogens is 2. The van der Waals surface area contributed by atoms with Crippen molar-refractivity contribution >= 4 is 16.9 Å². The highest BCUT2D eigenvalue weighted by atomic mass is 16.4. The molecule has 0 saturated carbocycles. The Bertz CT molecular complexity index is 740. The Morgan fingerprint density at radius 2 is 2.17 bits per heavy atom. The number of carboxylic acids is 1. The van der Waals surface area contributed by atoms with Gasteiger partial charge in [0.25, 0.3) is 0 Å². The van der Waals surface area contributed by atoms with Crippen molar-refractivity contribution in [1.82, 2.24) is 15.2 Å². The molecule has 90 valence electrons. The van der Waals surface area contributed by atoms with Crippen molar-refractivity contribution in [2.45, 2.75) is 6.92 Å². The van der Waals surface area contributed by atoms with Crippen molar-refractivity contribution in [3.05, 3.63) is 41.6 Å². The number of benzene rings is 1. The fraction of sp³-hybridized carbons (Fsp3) is 0.0769. The van der Waals surface area contributed by atoms with Gasteiger partial charge in [-0.3, -0.25) is 5.10 Å². The highest BCUT2D eigenvalue weighted by molar-refractivity contribution is 5.90. The SMILES string of the molecule is Cc1cccc2cc(-c3cc(C(=O)O)[nH]n3)[nH]c12. The fourth-order valence-electron chi connectivity index (χ4n) is 2.01. The van der Waals surface area contributed by atoms with Crippen molar-refractivity contribution in [2.75, 3.05) is 0 Å². The van der Waals surface area contributed by atoms with Crippen LogP contribution >= 0.6 is 0 Å². The van der Waals surface area contributed by atoms with Crippen molar-refractivity contribution in [3.8, 4) is 11.4 Å². The molecule has 0 aliphatic rings. The van der Waals surface area contributed by atoms with Crippen LogP contribution in [-0.2, 0) is 0 Å². The van der Waals surface area contributed by atoms with Crippen LogP contribution in [-0.4, -0.2) is 26.3 Å². The lowest BCUT2D eigenvalue weighted by Crippen LogP contribution is -1.95. The van der Waals surface area contributed by atoms with Crippen molar-refractivity contribution < 1.29 is 9.90 Å². The second-order valence-electron chi connectivity index (χ2n) is 4.19. The van der Waals surface area contributed by atoms with Gasteiger partial charge in [-0.2, -0.15) is 5.10 Å². The van der Waals surface area contributed by atoms with Crippen molar-refractivity contribution in [1.29, 1.82) is 0 Å². The Morgan fingerprint density at radius 3 is 2.83 bits per heavy atom. The van der Waals surface area contributed by atoms with Crippen LogP contribution in [0.3, 0.4) is 0 Å². The number of aromatic carboxylic acids is 1. The van der Waals surface area contributed by atoms with Crippen molar-refractivity contribution in [2.24, 2.45) is 0 Å². The minimum atomic E-state index is -1.01. The van der Waals surface area contributed by atoms with Gasteiger partial charge in [0.2, 0.25) is 0 Å². The van der Waals surface area contributed by atoms with E-state index < -0.39 is 5.97 Å². The van der Waals surface area contributed by atoms with Crippen molar-refractivity contribution in [3.63, 3.8) is 0 Å². The number of fused-ring (bicyclic) bond motifs is 1. The van der Waals surface area contributed by atoms with Gasteiger partial charge in [-0.1, -0.05) is 18.2 Å². The molecule has 0 aliphatic heterocycles. The Balaban J connectivity index is 2.13. The number of nitrogens with one attached hydrogen (secondary N) is 2. The second kappa shape index (κ2) is 3.73. The highest BCUT2D eigenvalue weighted by Gasteiger charge is 2.11. The number of aromatic amines is 2. The average molecular weight is 241 g/mol. The van der Waals surface area contributed by atoms with Gasteiger partial charge in [0.15, 0.2) is 0 Å². The number of para-hydroxylation sites is 1. The molecule has 0 radical (unpaired) electrons. The van der Waals surface area contributed by atoms with E-state index in [2.05, 4.69) is 15.2 Å². The van der Waals surface area contributed by atoms with Gasteiger partial charge in [0.05, 0.1) is 5.69 Å². The zero-order valence-corrected chi connectivity index (χ0v) is 9.69. The Morgan fingerprint density at radius 1 is 1.33 bits per heavy atom. The molecule has 3 rings (SSSR count). The zero-order valence-electron chi connectivity index (χ0n) is 9.69. The molecular formula is C13H11N3O2. The third-order valence-electron chi connectivity index (χ3n) is 2.95. The average Bonchev–Trinajstić information content (AvgIpc) is 2.95. The maximum Gasteiger partial charge on any atom is 0.353 e. The first-order valence-corrected chi connectivity index (χ1v) is 5.52. The highest BCUT2D eigenvalue weighted by Crippen LogP contribution is 2.25. The second-order valence-corrected chi connectivity index (χ2v) is 4.19. The maximum atomic E-state index is 10.8. The summed E-state index contributed by atoms with van der Waals surface area (Å²) in [6.45, 7) is 2.02. The van der Waals surface area contributed by atoms with Gasteiger partial charge in [-0.05, 0) is 18.6 Å². The Labute approximate surface area is 102 Å². The lowest BCUT2D eigenvalue weighted by molar-refractivity contribution is 0.0690. The molecule has 0 unspecified atom stereocenters. The smallest absolute Gasteiger partial charge is 0.353 e. The maximum absolute atomic E-state index is 10.8. The van der Waals surface area contributed by atoms with E-state index in [0.29, 0.717) is 5.69 Å². The van der Waals surface area contributed by atoms with E-state index in [1.54, 1.807) is 0 Å². The summed E-state index contributed by atoms with van der Waals surface area (Å²) in [5.74, 6) is -1.01. The lowest BCUT2D eigenvalue weighted by atomic mass is 10.2. The standard InChI is InChI=1S/C13H11N3O2/c1-7-3-2-4-8-5-9(14-12(7)8)10-6-11(13(17)18)16-15-10/h2-6,14H,1H3,(H,15,16)(H,17,18). The summed E-state index contributed by atoms with van der Waals surface area (Å²) < 4.78 is 0. The molecule has 0 atom stereocenters. The summed E-state index contributed by atoms with van der Waals surface area (Å²) in [7, 11) is 0. The summed E-state index contributed by atoms with van der Waals surface area (Å²) in [4.78, 5) is 14.0. The van der Waals surface area contributed by atoms with E-state index in [1.165, 1.54) is 6.07 Å². The van der Waals surface area contributed by atoms with E-state index in [9.17, 15) is 4.79 Å². The molecule has 0 bridgehead atoms. The molecule has 3 N–H and O–H groups in total. The summed E-state index contributed by atoms with van der Waals surface area (Å²) in [5.41, 5.74) is 3.69. The Hall–Kier alpha value is -2.56. The normalized spacial score (nSPS) is 10.9. The quantitative estimate of drug-likeness (QED) is 0.644. The fourth-order valence-corrected chi connectivity index (χ4v) is 2.01. The molecule has 5 heteroatoms. The number of nitrogens with zero attached hydrogens (tertiary/aromatic N) is 1. The number of aromatic nitrogens is 3. The molecule has 0 fully saturated rings. The predicted molar refractivity (Wildman–Crippen MR) is 67.6 cm³/mol. The van der Waals surface area contributed by atoms with E-state index in [-0.39, 0.29) is 5.69 Å².